The number of piperidine rings is 1. The molecule has 1 saturated heterocycles. The Bertz CT molecular complexity index is 729. The van der Waals surface area contributed by atoms with Gasteiger partial charge in [0.05, 0.1) is 7.11 Å². The predicted octanol–water partition coefficient (Wildman–Crippen LogP) is 3.79. The lowest BCUT2D eigenvalue weighted by Crippen LogP contribution is -2.41. The minimum absolute atomic E-state index is 0.0308. The van der Waals surface area contributed by atoms with Crippen molar-refractivity contribution < 1.29 is 14.3 Å². The molecule has 2 aromatic carbocycles. The Kier molecular flexibility index (Phi) is 5.59. The summed E-state index contributed by atoms with van der Waals surface area (Å²) in [5.74, 6) is 1.68. The minimum atomic E-state index is 0.0308. The minimum Gasteiger partial charge on any atom is -0.493 e. The van der Waals surface area contributed by atoms with Crippen LogP contribution in [0.1, 0.15) is 29.9 Å². The molecule has 25 heavy (non-hydrogen) atoms. The third-order valence-electron chi connectivity index (χ3n) is 4.71. The quantitative estimate of drug-likeness (QED) is 0.832. The van der Waals surface area contributed by atoms with E-state index in [0.29, 0.717) is 17.4 Å². The number of hydrogen-bond donors (Lipinski definition) is 0. The van der Waals surface area contributed by atoms with E-state index < -0.39 is 0 Å². The maximum Gasteiger partial charge on any atom is 0.260 e. The van der Waals surface area contributed by atoms with Crippen molar-refractivity contribution in [2.24, 2.45) is 0 Å². The largest absolute Gasteiger partial charge is 0.493 e. The summed E-state index contributed by atoms with van der Waals surface area (Å²) in [6.07, 6.45) is 2.15. The highest BCUT2D eigenvalue weighted by Crippen LogP contribution is 2.28. The average molecular weight is 339 g/mol. The van der Waals surface area contributed by atoms with E-state index in [-0.39, 0.29) is 12.5 Å². The number of para-hydroxylation sites is 2. The second kappa shape index (κ2) is 8.06. The molecule has 0 radical (unpaired) electrons. The topological polar surface area (TPSA) is 38.8 Å². The van der Waals surface area contributed by atoms with Gasteiger partial charge in [-0.15, -0.1) is 0 Å². The summed E-state index contributed by atoms with van der Waals surface area (Å²) >= 11 is 0. The fourth-order valence-corrected chi connectivity index (χ4v) is 3.37. The van der Waals surface area contributed by atoms with E-state index in [0.717, 1.165) is 25.9 Å². The van der Waals surface area contributed by atoms with E-state index in [9.17, 15) is 4.79 Å². The van der Waals surface area contributed by atoms with E-state index >= 15 is 0 Å². The van der Waals surface area contributed by atoms with Gasteiger partial charge in [-0.3, -0.25) is 4.79 Å². The Balaban J connectivity index is 1.60. The van der Waals surface area contributed by atoms with E-state index in [2.05, 4.69) is 31.2 Å². The molecule has 0 N–H and O–H groups in total. The molecule has 1 heterocycles. The van der Waals surface area contributed by atoms with Gasteiger partial charge in [0.1, 0.15) is 0 Å². The first kappa shape index (κ1) is 17.3. The number of amides is 1. The number of benzene rings is 2. The van der Waals surface area contributed by atoms with Gasteiger partial charge in [-0.2, -0.15) is 0 Å². The van der Waals surface area contributed by atoms with Gasteiger partial charge in [0.15, 0.2) is 18.1 Å². The molecule has 0 saturated carbocycles. The number of likely N-dealkylation sites (tertiary alicyclic amines) is 1. The Morgan fingerprint density at radius 3 is 2.72 bits per heavy atom. The van der Waals surface area contributed by atoms with Gasteiger partial charge in [-0.1, -0.05) is 42.0 Å². The molecule has 2 aromatic rings. The molecule has 0 aromatic heterocycles. The number of rotatable bonds is 5. The lowest BCUT2D eigenvalue weighted by molar-refractivity contribution is -0.134. The van der Waals surface area contributed by atoms with Crippen LogP contribution in [0.25, 0.3) is 0 Å². The number of nitrogens with zero attached hydrogens (tertiary/aromatic N) is 1. The zero-order valence-electron chi connectivity index (χ0n) is 14.9. The fourth-order valence-electron chi connectivity index (χ4n) is 3.37. The van der Waals surface area contributed by atoms with Gasteiger partial charge in [0.2, 0.25) is 0 Å². The van der Waals surface area contributed by atoms with Crippen LogP contribution >= 0.6 is 0 Å². The van der Waals surface area contributed by atoms with E-state index in [1.54, 1.807) is 7.11 Å². The Morgan fingerprint density at radius 2 is 1.96 bits per heavy atom. The van der Waals surface area contributed by atoms with Crippen LogP contribution in [0.3, 0.4) is 0 Å². The van der Waals surface area contributed by atoms with Crippen molar-refractivity contribution in [1.82, 2.24) is 4.90 Å². The molecular weight excluding hydrogens is 314 g/mol. The summed E-state index contributed by atoms with van der Waals surface area (Å²) < 4.78 is 10.9. The smallest absolute Gasteiger partial charge is 0.260 e. The molecule has 3 rings (SSSR count). The number of carbonyl (C=O) groups is 1. The van der Waals surface area contributed by atoms with Crippen molar-refractivity contribution in [2.75, 3.05) is 26.8 Å². The highest BCUT2D eigenvalue weighted by atomic mass is 16.5. The molecule has 0 aliphatic carbocycles. The number of carbonyl (C=O) groups excluding carboxylic acids is 1. The van der Waals surface area contributed by atoms with Crippen molar-refractivity contribution in [2.45, 2.75) is 25.7 Å². The summed E-state index contributed by atoms with van der Waals surface area (Å²) in [5.41, 5.74) is 2.59. The summed E-state index contributed by atoms with van der Waals surface area (Å²) in [6, 6.07) is 16.0. The van der Waals surface area contributed by atoms with Crippen molar-refractivity contribution in [1.29, 1.82) is 0 Å². The van der Waals surface area contributed by atoms with Crippen LogP contribution in [0, 0.1) is 6.92 Å². The lowest BCUT2D eigenvalue weighted by Gasteiger charge is -2.33. The second-order valence-corrected chi connectivity index (χ2v) is 6.53. The van der Waals surface area contributed by atoms with Crippen LogP contribution in [0.5, 0.6) is 11.5 Å². The van der Waals surface area contributed by atoms with Gasteiger partial charge in [0.25, 0.3) is 5.91 Å². The molecule has 4 heteroatoms. The normalized spacial score (nSPS) is 17.2. The van der Waals surface area contributed by atoms with Gasteiger partial charge in [-0.25, -0.2) is 0 Å². The summed E-state index contributed by atoms with van der Waals surface area (Å²) in [4.78, 5) is 14.5. The summed E-state index contributed by atoms with van der Waals surface area (Å²) in [7, 11) is 1.60. The van der Waals surface area contributed by atoms with Crippen LogP contribution in [-0.4, -0.2) is 37.6 Å². The molecule has 1 atom stereocenters. The third-order valence-corrected chi connectivity index (χ3v) is 4.71. The average Bonchev–Trinajstić information content (AvgIpc) is 2.66. The molecule has 0 bridgehead atoms. The molecule has 1 aliphatic rings. The molecule has 1 aliphatic heterocycles. The molecule has 1 amide bonds. The third kappa shape index (κ3) is 4.32. The van der Waals surface area contributed by atoms with Gasteiger partial charge in [-0.05, 0) is 37.5 Å². The maximum atomic E-state index is 12.6. The number of ether oxygens (including phenoxy) is 2. The summed E-state index contributed by atoms with van der Waals surface area (Å²) in [6.45, 7) is 3.71. The van der Waals surface area contributed by atoms with Crippen LogP contribution in [0.4, 0.5) is 0 Å². The van der Waals surface area contributed by atoms with E-state index in [1.165, 1.54) is 11.1 Å². The first-order valence-corrected chi connectivity index (χ1v) is 8.77. The highest BCUT2D eigenvalue weighted by molar-refractivity contribution is 5.78. The van der Waals surface area contributed by atoms with Crippen molar-refractivity contribution >= 4 is 5.91 Å². The summed E-state index contributed by atoms with van der Waals surface area (Å²) in [5, 5.41) is 0. The molecule has 0 unspecified atom stereocenters. The highest BCUT2D eigenvalue weighted by Gasteiger charge is 2.25. The SMILES string of the molecule is COc1ccccc1OCC(=O)N1CCC[C@H](c2cccc(C)c2)C1. The van der Waals surface area contributed by atoms with Gasteiger partial charge >= 0.3 is 0 Å². The zero-order chi connectivity index (χ0) is 17.6. The molecular formula is C21H25NO3. The number of methoxy groups -OCH3 is 1. The molecule has 1 fully saturated rings. The maximum absolute atomic E-state index is 12.6. The Hall–Kier alpha value is -2.49. The first-order chi connectivity index (χ1) is 12.2. The molecule has 0 spiro atoms. The predicted molar refractivity (Wildman–Crippen MR) is 98.2 cm³/mol. The van der Waals surface area contributed by atoms with E-state index in [4.69, 9.17) is 9.47 Å². The number of hydrogen-bond acceptors (Lipinski definition) is 3. The Labute approximate surface area is 149 Å². The zero-order valence-corrected chi connectivity index (χ0v) is 14.9. The van der Waals surface area contributed by atoms with Crippen molar-refractivity contribution in [3.8, 4) is 11.5 Å². The van der Waals surface area contributed by atoms with Gasteiger partial charge < -0.3 is 14.4 Å². The van der Waals surface area contributed by atoms with E-state index in [1.807, 2.05) is 29.2 Å². The van der Waals surface area contributed by atoms with Crippen LogP contribution < -0.4 is 9.47 Å². The van der Waals surface area contributed by atoms with Crippen molar-refractivity contribution in [3.05, 3.63) is 59.7 Å². The number of aryl methyl sites for hydroxylation is 1. The monoisotopic (exact) mass is 339 g/mol. The fraction of sp³-hybridized carbons (Fsp3) is 0.381. The lowest BCUT2D eigenvalue weighted by atomic mass is 9.90. The Morgan fingerprint density at radius 1 is 1.16 bits per heavy atom. The van der Waals surface area contributed by atoms with Crippen molar-refractivity contribution in [3.63, 3.8) is 0 Å². The molecule has 4 nitrogen and oxygen atoms in total. The second-order valence-electron chi connectivity index (χ2n) is 6.53. The van der Waals surface area contributed by atoms with Crippen LogP contribution in [0.15, 0.2) is 48.5 Å². The first-order valence-electron chi connectivity index (χ1n) is 8.77. The van der Waals surface area contributed by atoms with Crippen LogP contribution in [-0.2, 0) is 4.79 Å². The van der Waals surface area contributed by atoms with Crippen LogP contribution in [0.2, 0.25) is 0 Å². The molecule has 132 valence electrons. The standard InChI is InChI=1S/C21H25NO3/c1-16-7-5-8-17(13-16)18-9-6-12-22(14-18)21(23)15-25-20-11-4-3-10-19(20)24-2/h3-5,7-8,10-11,13,18H,6,9,12,14-15H2,1-2H3/t18-/m0/s1. The van der Waals surface area contributed by atoms with Gasteiger partial charge in [0, 0.05) is 19.0 Å².